The van der Waals surface area contributed by atoms with Crippen LogP contribution < -0.4 is 4.72 Å². The number of nitrogens with zero attached hydrogens (tertiary/aromatic N) is 2. The fraction of sp³-hybridized carbons (Fsp3) is 0.211. The normalized spacial score (nSPS) is 12.0. The van der Waals surface area contributed by atoms with Gasteiger partial charge in [0.05, 0.1) is 16.3 Å². The summed E-state index contributed by atoms with van der Waals surface area (Å²) in [5.41, 5.74) is -0.398. The Balaban J connectivity index is 1.76. The van der Waals surface area contributed by atoms with Gasteiger partial charge in [-0.1, -0.05) is 11.8 Å². The molecule has 0 radical (unpaired) electrons. The molecule has 2 aromatic heterocycles. The molecule has 0 saturated heterocycles. The zero-order chi connectivity index (χ0) is 23.7. The van der Waals surface area contributed by atoms with E-state index in [1.165, 1.54) is 50.4 Å². The number of alkyl halides is 3. The van der Waals surface area contributed by atoms with Gasteiger partial charge < -0.3 is 0 Å². The monoisotopic (exact) mass is 503 g/mol. The number of halogens is 3. The molecule has 1 aromatic carbocycles. The van der Waals surface area contributed by atoms with Crippen molar-refractivity contribution in [2.45, 2.75) is 17.3 Å². The van der Waals surface area contributed by atoms with Crippen molar-refractivity contribution in [3.05, 3.63) is 53.7 Å². The Hall–Kier alpha value is -2.64. The van der Waals surface area contributed by atoms with Crippen molar-refractivity contribution in [2.75, 3.05) is 10.5 Å². The van der Waals surface area contributed by atoms with Crippen LogP contribution in [-0.4, -0.2) is 34.8 Å². The first-order chi connectivity index (χ1) is 14.9. The van der Waals surface area contributed by atoms with Gasteiger partial charge in [-0.25, -0.2) is 8.42 Å². The molecule has 1 N–H and O–H groups in total. The predicted octanol–water partition coefficient (Wildman–Crippen LogP) is 4.43. The van der Waals surface area contributed by atoms with Crippen LogP contribution >= 0.6 is 23.1 Å². The third kappa shape index (κ3) is 5.58. The van der Waals surface area contributed by atoms with Crippen LogP contribution in [-0.2, 0) is 28.0 Å². The summed E-state index contributed by atoms with van der Waals surface area (Å²) in [5, 5.41) is 3.25. The number of carbonyl (C=O) groups excluding carboxylic acids is 2. The van der Waals surface area contributed by atoms with Gasteiger partial charge in [-0.15, -0.1) is 11.3 Å². The second-order valence-corrected chi connectivity index (χ2v) is 10.7. The molecule has 0 aliphatic carbocycles. The molecule has 0 saturated carbocycles. The number of hydrogen-bond donors (Lipinski definition) is 1. The van der Waals surface area contributed by atoms with Crippen LogP contribution in [0.5, 0.6) is 0 Å². The van der Waals surface area contributed by atoms with Crippen LogP contribution in [0.3, 0.4) is 0 Å². The van der Waals surface area contributed by atoms with Crippen LogP contribution in [0.2, 0.25) is 0 Å². The van der Waals surface area contributed by atoms with Crippen LogP contribution in [0, 0.1) is 0 Å². The summed E-state index contributed by atoms with van der Waals surface area (Å²) in [5.74, 6) is -0.278. The standard InChI is InChI=1S/C19H16F3N3O4S3/c1-11(26)30-10-15(27)12-3-5-13(6-4-12)24-32(28,29)18-8-7-16(31-18)14-9-17(19(20,21)22)23-25(14)2/h3-9,24H,10H2,1-2H3. The molecule has 32 heavy (non-hydrogen) atoms. The lowest BCUT2D eigenvalue weighted by molar-refractivity contribution is -0.141. The number of rotatable bonds is 7. The number of Topliss-reactive ketones (excluding diaryl/α,β-unsaturated/α-hetero) is 1. The summed E-state index contributed by atoms with van der Waals surface area (Å²) in [6, 6.07) is 9.26. The maximum atomic E-state index is 12.9. The molecule has 0 unspecified atom stereocenters. The predicted molar refractivity (Wildman–Crippen MR) is 116 cm³/mol. The highest BCUT2D eigenvalue weighted by Crippen LogP contribution is 2.35. The summed E-state index contributed by atoms with van der Waals surface area (Å²) >= 11 is 1.68. The summed E-state index contributed by atoms with van der Waals surface area (Å²) < 4.78 is 67.3. The first-order valence-electron chi connectivity index (χ1n) is 8.88. The van der Waals surface area contributed by atoms with Gasteiger partial charge in [0.25, 0.3) is 10.0 Å². The van der Waals surface area contributed by atoms with Gasteiger partial charge in [0.15, 0.2) is 16.6 Å². The van der Waals surface area contributed by atoms with Gasteiger partial charge in [-0.3, -0.25) is 19.0 Å². The summed E-state index contributed by atoms with van der Waals surface area (Å²) in [6.07, 6.45) is -4.61. The molecule has 7 nitrogen and oxygen atoms in total. The molecule has 0 fully saturated rings. The number of aromatic nitrogens is 2. The number of sulfonamides is 1. The summed E-state index contributed by atoms with van der Waals surface area (Å²) in [6.45, 7) is 1.36. The zero-order valence-corrected chi connectivity index (χ0v) is 19.1. The maximum absolute atomic E-state index is 12.9. The molecule has 3 aromatic rings. The zero-order valence-electron chi connectivity index (χ0n) is 16.6. The Kier molecular flexibility index (Phi) is 6.81. The number of thiophene rings is 1. The number of carbonyl (C=O) groups is 2. The SMILES string of the molecule is CC(=O)SCC(=O)c1ccc(NS(=O)(=O)c2ccc(-c3cc(C(F)(F)F)nn3C)s2)cc1. The Morgan fingerprint density at radius 1 is 1.16 bits per heavy atom. The molecule has 0 aliphatic rings. The second kappa shape index (κ2) is 9.08. The molecule has 0 spiro atoms. The Morgan fingerprint density at radius 2 is 1.81 bits per heavy atom. The summed E-state index contributed by atoms with van der Waals surface area (Å²) in [4.78, 5) is 23.3. The fourth-order valence-corrected chi connectivity index (χ4v) is 5.53. The van der Waals surface area contributed by atoms with E-state index in [-0.39, 0.29) is 32.2 Å². The Morgan fingerprint density at radius 3 is 2.38 bits per heavy atom. The molecule has 0 bridgehead atoms. The molecule has 2 heterocycles. The average molecular weight is 504 g/mol. The smallest absolute Gasteiger partial charge is 0.293 e. The first-order valence-corrected chi connectivity index (χ1v) is 12.2. The van der Waals surface area contributed by atoms with Gasteiger partial charge in [0.2, 0.25) is 0 Å². The van der Waals surface area contributed by atoms with Crippen LogP contribution in [0.4, 0.5) is 18.9 Å². The van der Waals surface area contributed by atoms with Crippen molar-refractivity contribution in [1.29, 1.82) is 0 Å². The molecular weight excluding hydrogens is 487 g/mol. The van der Waals surface area contributed by atoms with E-state index in [1.807, 2.05) is 0 Å². The van der Waals surface area contributed by atoms with Crippen molar-refractivity contribution in [2.24, 2.45) is 7.05 Å². The van der Waals surface area contributed by atoms with E-state index in [9.17, 15) is 31.2 Å². The van der Waals surface area contributed by atoms with E-state index >= 15 is 0 Å². The second-order valence-electron chi connectivity index (χ2n) is 6.54. The van der Waals surface area contributed by atoms with E-state index in [0.717, 1.165) is 33.8 Å². The lowest BCUT2D eigenvalue weighted by Gasteiger charge is -2.07. The highest BCUT2D eigenvalue weighted by Gasteiger charge is 2.35. The van der Waals surface area contributed by atoms with Crippen molar-refractivity contribution >= 4 is 49.7 Å². The molecule has 0 atom stereocenters. The van der Waals surface area contributed by atoms with Crippen LogP contribution in [0.1, 0.15) is 23.0 Å². The molecule has 170 valence electrons. The molecular formula is C19H16F3N3O4S3. The van der Waals surface area contributed by atoms with Crippen molar-refractivity contribution in [3.63, 3.8) is 0 Å². The highest BCUT2D eigenvalue weighted by molar-refractivity contribution is 8.14. The van der Waals surface area contributed by atoms with Crippen molar-refractivity contribution in [3.8, 4) is 10.6 Å². The number of hydrogen-bond acceptors (Lipinski definition) is 7. The van der Waals surface area contributed by atoms with E-state index in [1.54, 1.807) is 0 Å². The third-order valence-corrected chi connectivity index (χ3v) is 7.93. The van der Waals surface area contributed by atoms with E-state index in [4.69, 9.17) is 0 Å². The fourth-order valence-electron chi connectivity index (χ4n) is 2.62. The molecule has 3 rings (SSSR count). The Labute approximate surface area is 189 Å². The van der Waals surface area contributed by atoms with Crippen molar-refractivity contribution < 1.29 is 31.2 Å². The van der Waals surface area contributed by atoms with Gasteiger partial charge in [0, 0.05) is 25.2 Å². The maximum Gasteiger partial charge on any atom is 0.435 e. The van der Waals surface area contributed by atoms with Crippen molar-refractivity contribution in [1.82, 2.24) is 9.78 Å². The molecule has 0 amide bonds. The minimum atomic E-state index is -4.61. The van der Waals surface area contributed by atoms with E-state index < -0.39 is 21.9 Å². The quantitative estimate of drug-likeness (QED) is 0.479. The largest absolute Gasteiger partial charge is 0.435 e. The Bertz CT molecular complexity index is 1260. The topological polar surface area (TPSA) is 98.1 Å². The molecule has 0 aliphatic heterocycles. The van der Waals surface area contributed by atoms with Crippen LogP contribution in [0.15, 0.2) is 46.7 Å². The number of aryl methyl sites for hydroxylation is 1. The van der Waals surface area contributed by atoms with Gasteiger partial charge in [-0.2, -0.15) is 18.3 Å². The summed E-state index contributed by atoms with van der Waals surface area (Å²) in [7, 11) is -2.66. The van der Waals surface area contributed by atoms with Gasteiger partial charge in [-0.05, 0) is 42.5 Å². The number of thioether (sulfide) groups is 1. The van der Waals surface area contributed by atoms with E-state index in [0.29, 0.717) is 10.4 Å². The number of anilines is 1. The highest BCUT2D eigenvalue weighted by atomic mass is 32.2. The lowest BCUT2D eigenvalue weighted by atomic mass is 10.1. The minimum absolute atomic E-state index is 0.0115. The number of benzene rings is 1. The van der Waals surface area contributed by atoms with Gasteiger partial charge >= 0.3 is 6.18 Å². The van der Waals surface area contributed by atoms with E-state index in [2.05, 4.69) is 9.82 Å². The molecule has 13 heteroatoms. The van der Waals surface area contributed by atoms with Crippen LogP contribution in [0.25, 0.3) is 10.6 Å². The third-order valence-electron chi connectivity index (χ3n) is 4.13. The number of ketones is 1. The minimum Gasteiger partial charge on any atom is -0.293 e. The van der Waals surface area contributed by atoms with Gasteiger partial charge in [0.1, 0.15) is 4.21 Å². The lowest BCUT2D eigenvalue weighted by Crippen LogP contribution is -2.11. The average Bonchev–Trinajstić information content (AvgIpc) is 3.33. The number of nitrogens with one attached hydrogen (secondary N) is 1. The first kappa shape index (κ1) is 24.0.